The molecule has 3 aromatic rings. The Hall–Kier alpha value is -3.19. The number of aryl methyl sites for hydroxylation is 1. The molecule has 2 amide bonds. The average molecular weight is 380 g/mol. The molecule has 7 nitrogen and oxygen atoms in total. The monoisotopic (exact) mass is 380 g/mol. The molecular formula is C21H24N4O3. The summed E-state index contributed by atoms with van der Waals surface area (Å²) in [6, 6.07) is 13.1. The Morgan fingerprint density at radius 1 is 1.14 bits per heavy atom. The van der Waals surface area contributed by atoms with Gasteiger partial charge >= 0.3 is 0 Å². The number of hydrogen-bond donors (Lipinski definition) is 3. The van der Waals surface area contributed by atoms with Crippen molar-refractivity contribution < 1.29 is 14.7 Å². The fourth-order valence-electron chi connectivity index (χ4n) is 2.83. The van der Waals surface area contributed by atoms with Crippen molar-refractivity contribution >= 4 is 22.7 Å². The largest absolute Gasteiger partial charge is 0.390 e. The van der Waals surface area contributed by atoms with E-state index >= 15 is 0 Å². The van der Waals surface area contributed by atoms with Gasteiger partial charge in [0.1, 0.15) is 0 Å². The van der Waals surface area contributed by atoms with Crippen molar-refractivity contribution in [3.05, 3.63) is 54.2 Å². The molecule has 28 heavy (non-hydrogen) atoms. The molecule has 1 aromatic heterocycles. The van der Waals surface area contributed by atoms with Crippen LogP contribution in [0.4, 0.5) is 0 Å². The second kappa shape index (κ2) is 7.82. The van der Waals surface area contributed by atoms with Gasteiger partial charge in [-0.3, -0.25) is 14.3 Å². The van der Waals surface area contributed by atoms with Gasteiger partial charge < -0.3 is 16.2 Å². The third-order valence-electron chi connectivity index (χ3n) is 4.41. The zero-order valence-corrected chi connectivity index (χ0v) is 16.0. The number of nitrogens with two attached hydrogens (primary N) is 1. The smallest absolute Gasteiger partial charge is 0.251 e. The third kappa shape index (κ3) is 4.95. The molecule has 146 valence electrons. The first-order valence-electron chi connectivity index (χ1n) is 9.08. The zero-order chi connectivity index (χ0) is 20.3. The van der Waals surface area contributed by atoms with Crippen molar-refractivity contribution in [2.24, 2.45) is 5.73 Å². The number of aromatic nitrogens is 2. The Kier molecular flexibility index (Phi) is 5.46. The molecule has 0 saturated heterocycles. The molecule has 0 spiro atoms. The molecule has 0 aliphatic heterocycles. The minimum absolute atomic E-state index is 0.187. The van der Waals surface area contributed by atoms with Crippen LogP contribution in [0.3, 0.4) is 0 Å². The van der Waals surface area contributed by atoms with E-state index < -0.39 is 11.5 Å². The highest BCUT2D eigenvalue weighted by Gasteiger charge is 2.13. The molecule has 0 bridgehead atoms. The summed E-state index contributed by atoms with van der Waals surface area (Å²) in [6.45, 7) is 4.02. The van der Waals surface area contributed by atoms with Crippen LogP contribution in [0.25, 0.3) is 22.0 Å². The van der Waals surface area contributed by atoms with E-state index in [-0.39, 0.29) is 12.5 Å². The summed E-state index contributed by atoms with van der Waals surface area (Å²) in [5, 5.41) is 18.0. The molecule has 2 aromatic carbocycles. The number of hydrogen-bond acceptors (Lipinski definition) is 4. The molecule has 0 atom stereocenters. The molecule has 0 radical (unpaired) electrons. The van der Waals surface area contributed by atoms with E-state index in [0.29, 0.717) is 18.5 Å². The minimum atomic E-state index is -0.727. The molecule has 0 saturated carbocycles. The number of aliphatic hydroxyl groups is 1. The number of rotatable bonds is 7. The quantitative estimate of drug-likeness (QED) is 0.583. The number of fused-ring (bicyclic) bond motifs is 1. The lowest BCUT2D eigenvalue weighted by Crippen LogP contribution is -2.33. The molecule has 7 heteroatoms. The van der Waals surface area contributed by atoms with Gasteiger partial charge in [0.05, 0.1) is 17.7 Å². The Balaban J connectivity index is 1.76. The van der Waals surface area contributed by atoms with E-state index in [1.807, 2.05) is 41.2 Å². The summed E-state index contributed by atoms with van der Waals surface area (Å²) in [6.07, 6.45) is 2.59. The molecule has 0 unspecified atom stereocenters. The van der Waals surface area contributed by atoms with Gasteiger partial charge in [-0.1, -0.05) is 24.3 Å². The van der Waals surface area contributed by atoms with Crippen molar-refractivity contribution in [3.63, 3.8) is 0 Å². The number of nitrogens with one attached hydrogen (secondary N) is 1. The zero-order valence-electron chi connectivity index (χ0n) is 16.0. The standard InChI is InChI=1S/C21H24N4O3/c1-21(2,28)9-10-25-13-17-8-7-16(11-18(17)24-25)14-3-5-15(6-4-14)20(27)23-12-19(22)26/h3-8,11,13,28H,9-10,12H2,1-2H3,(H2,22,26)(H,23,27). The summed E-state index contributed by atoms with van der Waals surface area (Å²) in [7, 11) is 0. The van der Waals surface area contributed by atoms with Gasteiger partial charge in [0, 0.05) is 23.7 Å². The van der Waals surface area contributed by atoms with Gasteiger partial charge in [-0.25, -0.2) is 0 Å². The first-order valence-corrected chi connectivity index (χ1v) is 9.08. The van der Waals surface area contributed by atoms with Crippen LogP contribution < -0.4 is 11.1 Å². The lowest BCUT2D eigenvalue weighted by Gasteiger charge is -2.16. The predicted octanol–water partition coefficient (Wildman–Crippen LogP) is 2.08. The number of carbonyl (C=O) groups is 2. The Labute approximate surface area is 163 Å². The molecule has 0 fully saturated rings. The van der Waals surface area contributed by atoms with E-state index in [1.54, 1.807) is 26.0 Å². The van der Waals surface area contributed by atoms with Crippen LogP contribution in [0.2, 0.25) is 0 Å². The number of amides is 2. The maximum atomic E-state index is 12.0. The Morgan fingerprint density at radius 2 is 1.82 bits per heavy atom. The summed E-state index contributed by atoms with van der Waals surface area (Å²) in [5.41, 5.74) is 7.58. The minimum Gasteiger partial charge on any atom is -0.390 e. The first kappa shape index (κ1) is 19.6. The topological polar surface area (TPSA) is 110 Å². The molecule has 3 rings (SSSR count). The van der Waals surface area contributed by atoms with Crippen LogP contribution in [0.5, 0.6) is 0 Å². The summed E-state index contributed by atoms with van der Waals surface area (Å²) in [4.78, 5) is 22.7. The Morgan fingerprint density at radius 3 is 2.46 bits per heavy atom. The highest BCUT2D eigenvalue weighted by molar-refractivity contribution is 5.96. The van der Waals surface area contributed by atoms with Gasteiger partial charge in [-0.15, -0.1) is 0 Å². The average Bonchev–Trinajstić information content (AvgIpc) is 3.06. The van der Waals surface area contributed by atoms with E-state index in [9.17, 15) is 14.7 Å². The van der Waals surface area contributed by atoms with Crippen molar-refractivity contribution in [1.29, 1.82) is 0 Å². The maximum absolute atomic E-state index is 12.0. The number of nitrogens with zero attached hydrogens (tertiary/aromatic N) is 2. The van der Waals surface area contributed by atoms with Crippen molar-refractivity contribution in [2.75, 3.05) is 6.54 Å². The summed E-state index contributed by atoms with van der Waals surface area (Å²) >= 11 is 0. The van der Waals surface area contributed by atoms with E-state index in [4.69, 9.17) is 5.73 Å². The molecular weight excluding hydrogens is 356 g/mol. The summed E-state index contributed by atoms with van der Waals surface area (Å²) < 4.78 is 1.85. The highest BCUT2D eigenvalue weighted by Crippen LogP contribution is 2.24. The van der Waals surface area contributed by atoms with Gasteiger partial charge in [0.2, 0.25) is 5.91 Å². The van der Waals surface area contributed by atoms with Gasteiger partial charge in [0.15, 0.2) is 0 Å². The number of primary amides is 1. The molecule has 0 aliphatic rings. The van der Waals surface area contributed by atoms with Crippen molar-refractivity contribution in [2.45, 2.75) is 32.4 Å². The normalized spacial score (nSPS) is 11.5. The van der Waals surface area contributed by atoms with Crippen LogP contribution in [-0.2, 0) is 11.3 Å². The molecule has 0 aliphatic carbocycles. The van der Waals surface area contributed by atoms with Crippen LogP contribution in [-0.4, -0.2) is 38.8 Å². The van der Waals surface area contributed by atoms with E-state index in [2.05, 4.69) is 10.4 Å². The maximum Gasteiger partial charge on any atom is 0.251 e. The molecule has 4 N–H and O–H groups in total. The summed E-state index contributed by atoms with van der Waals surface area (Å²) in [5.74, 6) is -0.924. The second-order valence-electron chi connectivity index (χ2n) is 7.45. The van der Waals surface area contributed by atoms with E-state index in [1.165, 1.54) is 0 Å². The SMILES string of the molecule is CC(C)(O)CCn1cc2ccc(-c3ccc(C(=O)NCC(N)=O)cc3)cc2n1. The van der Waals surface area contributed by atoms with Crippen LogP contribution >= 0.6 is 0 Å². The highest BCUT2D eigenvalue weighted by atomic mass is 16.3. The number of benzene rings is 2. The van der Waals surface area contributed by atoms with Crippen LogP contribution in [0.15, 0.2) is 48.7 Å². The van der Waals surface area contributed by atoms with Crippen LogP contribution in [0, 0.1) is 0 Å². The van der Waals surface area contributed by atoms with Crippen molar-refractivity contribution in [3.8, 4) is 11.1 Å². The van der Waals surface area contributed by atoms with Gasteiger partial charge in [0.25, 0.3) is 5.91 Å². The van der Waals surface area contributed by atoms with Gasteiger partial charge in [-0.05, 0) is 49.6 Å². The Bertz CT molecular complexity index is 1000. The number of carbonyl (C=O) groups excluding carboxylic acids is 2. The third-order valence-corrected chi connectivity index (χ3v) is 4.41. The lowest BCUT2D eigenvalue weighted by atomic mass is 10.0. The first-order chi connectivity index (χ1) is 13.2. The fourth-order valence-corrected chi connectivity index (χ4v) is 2.83. The fraction of sp³-hybridized carbons (Fsp3) is 0.286. The second-order valence-corrected chi connectivity index (χ2v) is 7.45. The lowest BCUT2D eigenvalue weighted by molar-refractivity contribution is -0.117. The van der Waals surface area contributed by atoms with Crippen molar-refractivity contribution in [1.82, 2.24) is 15.1 Å². The van der Waals surface area contributed by atoms with Crippen LogP contribution in [0.1, 0.15) is 30.6 Å². The predicted molar refractivity (Wildman–Crippen MR) is 108 cm³/mol. The van der Waals surface area contributed by atoms with Gasteiger partial charge in [-0.2, -0.15) is 5.10 Å². The van der Waals surface area contributed by atoms with E-state index in [0.717, 1.165) is 22.0 Å². The molecule has 1 heterocycles.